The number of hydrogen-bond acceptors (Lipinski definition) is 2. The second kappa shape index (κ2) is 7.81. The van der Waals surface area contributed by atoms with Gasteiger partial charge in [-0.15, -0.1) is 0 Å². The van der Waals surface area contributed by atoms with Crippen LogP contribution in [0.3, 0.4) is 0 Å². The molecule has 2 rings (SSSR count). The third kappa shape index (κ3) is 5.21. The number of nitrogens with one attached hydrogen (secondary N) is 1. The number of rotatable bonds is 7. The van der Waals surface area contributed by atoms with Crippen molar-refractivity contribution in [3.63, 3.8) is 0 Å². The Balaban J connectivity index is 1.83. The minimum absolute atomic E-state index is 0.0645. The van der Waals surface area contributed by atoms with Crippen LogP contribution in [-0.4, -0.2) is 17.6 Å². The Morgan fingerprint density at radius 2 is 1.71 bits per heavy atom. The number of hydrogen-bond donors (Lipinski definition) is 2. The van der Waals surface area contributed by atoms with Crippen molar-refractivity contribution in [1.29, 1.82) is 0 Å². The minimum atomic E-state index is -0.802. The van der Waals surface area contributed by atoms with Crippen LogP contribution in [0, 0.1) is 0 Å². The van der Waals surface area contributed by atoms with Gasteiger partial charge in [0.1, 0.15) is 0 Å². The maximum Gasteiger partial charge on any atom is 0.307 e. The van der Waals surface area contributed by atoms with Crippen LogP contribution in [0.25, 0.3) is 0 Å². The molecule has 2 aromatic carbocycles. The van der Waals surface area contributed by atoms with Gasteiger partial charge in [0.05, 0.1) is 6.42 Å². The highest BCUT2D eigenvalue weighted by atomic mass is 35.5. The third-order valence-corrected chi connectivity index (χ3v) is 3.53. The van der Waals surface area contributed by atoms with Gasteiger partial charge in [-0.2, -0.15) is 0 Å². The topological polar surface area (TPSA) is 49.3 Å². The summed E-state index contributed by atoms with van der Waals surface area (Å²) in [7, 11) is 0. The van der Waals surface area contributed by atoms with Crippen LogP contribution in [-0.2, 0) is 24.2 Å². The van der Waals surface area contributed by atoms with E-state index < -0.39 is 5.97 Å². The van der Waals surface area contributed by atoms with Crippen LogP contribution >= 0.6 is 11.6 Å². The number of halogens is 1. The van der Waals surface area contributed by atoms with Gasteiger partial charge in [-0.3, -0.25) is 4.79 Å². The zero-order valence-corrected chi connectivity index (χ0v) is 12.4. The highest BCUT2D eigenvalue weighted by Gasteiger charge is 2.05. The molecule has 0 atom stereocenters. The average Bonchev–Trinajstić information content (AvgIpc) is 2.46. The third-order valence-electron chi connectivity index (χ3n) is 3.28. The van der Waals surface area contributed by atoms with Crippen LogP contribution < -0.4 is 5.32 Å². The van der Waals surface area contributed by atoms with E-state index in [9.17, 15) is 4.79 Å². The fourth-order valence-corrected chi connectivity index (χ4v) is 2.30. The minimum Gasteiger partial charge on any atom is -0.481 e. The Bertz CT molecular complexity index is 596. The van der Waals surface area contributed by atoms with E-state index in [1.165, 1.54) is 5.56 Å². The fraction of sp³-hybridized carbons (Fsp3) is 0.235. The molecule has 0 bridgehead atoms. The van der Waals surface area contributed by atoms with Crippen LogP contribution in [0.15, 0.2) is 48.5 Å². The summed E-state index contributed by atoms with van der Waals surface area (Å²) in [6, 6.07) is 15.4. The van der Waals surface area contributed by atoms with E-state index in [1.807, 2.05) is 48.5 Å². The van der Waals surface area contributed by atoms with E-state index >= 15 is 0 Å². The second-order valence-corrected chi connectivity index (χ2v) is 5.33. The molecule has 2 N–H and O–H groups in total. The van der Waals surface area contributed by atoms with Gasteiger partial charge in [0.15, 0.2) is 0 Å². The zero-order valence-electron chi connectivity index (χ0n) is 11.7. The van der Waals surface area contributed by atoms with Crippen molar-refractivity contribution in [2.24, 2.45) is 0 Å². The molecule has 0 saturated heterocycles. The summed E-state index contributed by atoms with van der Waals surface area (Å²) in [4.78, 5) is 10.8. The molecule has 0 fully saturated rings. The molecular formula is C17H18ClNO2. The standard InChI is InChI=1S/C17H18ClNO2/c18-16-7-5-13(6-8-16)9-10-19-12-15-4-2-1-3-14(15)11-17(20)21/h1-8,19H,9-12H2,(H,20,21). The lowest BCUT2D eigenvalue weighted by molar-refractivity contribution is -0.136. The zero-order chi connectivity index (χ0) is 15.1. The molecular weight excluding hydrogens is 286 g/mol. The van der Waals surface area contributed by atoms with E-state index in [4.69, 9.17) is 16.7 Å². The normalized spacial score (nSPS) is 10.5. The Hall–Kier alpha value is -1.84. The predicted octanol–water partition coefficient (Wildman–Crippen LogP) is 3.30. The predicted molar refractivity (Wildman–Crippen MR) is 84.6 cm³/mol. The van der Waals surface area contributed by atoms with E-state index in [-0.39, 0.29) is 6.42 Å². The van der Waals surface area contributed by atoms with Gasteiger partial charge in [-0.25, -0.2) is 0 Å². The van der Waals surface area contributed by atoms with Gasteiger partial charge in [0.25, 0.3) is 0 Å². The maximum absolute atomic E-state index is 10.8. The van der Waals surface area contributed by atoms with Crippen molar-refractivity contribution in [2.75, 3.05) is 6.54 Å². The lowest BCUT2D eigenvalue weighted by atomic mass is 10.0. The Morgan fingerprint density at radius 3 is 2.38 bits per heavy atom. The average molecular weight is 304 g/mol. The number of carbonyl (C=O) groups is 1. The van der Waals surface area contributed by atoms with Crippen molar-refractivity contribution in [3.05, 3.63) is 70.2 Å². The molecule has 0 amide bonds. The molecule has 0 unspecified atom stereocenters. The summed E-state index contributed by atoms with van der Waals surface area (Å²) >= 11 is 5.85. The second-order valence-electron chi connectivity index (χ2n) is 4.89. The molecule has 21 heavy (non-hydrogen) atoms. The van der Waals surface area contributed by atoms with Gasteiger partial charge < -0.3 is 10.4 Å². The lowest BCUT2D eigenvalue weighted by Gasteiger charge is -2.09. The van der Waals surface area contributed by atoms with Crippen molar-refractivity contribution in [3.8, 4) is 0 Å². The first kappa shape index (κ1) is 15.5. The molecule has 0 aromatic heterocycles. The van der Waals surface area contributed by atoms with Crippen LogP contribution in [0.4, 0.5) is 0 Å². The molecule has 3 nitrogen and oxygen atoms in total. The quantitative estimate of drug-likeness (QED) is 0.772. The summed E-state index contributed by atoms with van der Waals surface area (Å²) < 4.78 is 0. The lowest BCUT2D eigenvalue weighted by Crippen LogP contribution is -2.18. The van der Waals surface area contributed by atoms with E-state index in [2.05, 4.69) is 5.32 Å². The SMILES string of the molecule is O=C(O)Cc1ccccc1CNCCc1ccc(Cl)cc1. The summed E-state index contributed by atoms with van der Waals surface area (Å²) in [6.07, 6.45) is 0.979. The fourth-order valence-electron chi connectivity index (χ4n) is 2.17. The molecule has 0 heterocycles. The number of aliphatic carboxylic acids is 1. The van der Waals surface area contributed by atoms with E-state index in [0.717, 1.165) is 29.1 Å². The Kier molecular flexibility index (Phi) is 5.78. The van der Waals surface area contributed by atoms with Crippen LogP contribution in [0.1, 0.15) is 16.7 Å². The van der Waals surface area contributed by atoms with Crippen molar-refractivity contribution < 1.29 is 9.90 Å². The number of benzene rings is 2. The summed E-state index contributed by atoms with van der Waals surface area (Å²) in [5.74, 6) is -0.802. The summed E-state index contributed by atoms with van der Waals surface area (Å²) in [5, 5.41) is 13.0. The number of carboxylic acid groups (broad SMARTS) is 1. The van der Waals surface area contributed by atoms with Crippen LogP contribution in [0.2, 0.25) is 5.02 Å². The Labute approximate surface area is 129 Å². The van der Waals surface area contributed by atoms with E-state index in [0.29, 0.717) is 6.54 Å². The molecule has 0 radical (unpaired) electrons. The van der Waals surface area contributed by atoms with Gasteiger partial charge in [0, 0.05) is 11.6 Å². The van der Waals surface area contributed by atoms with Crippen molar-refractivity contribution in [1.82, 2.24) is 5.32 Å². The van der Waals surface area contributed by atoms with E-state index in [1.54, 1.807) is 0 Å². The summed E-state index contributed by atoms with van der Waals surface area (Å²) in [5.41, 5.74) is 3.13. The number of carboxylic acids is 1. The molecule has 0 aliphatic carbocycles. The highest BCUT2D eigenvalue weighted by Crippen LogP contribution is 2.11. The molecule has 110 valence electrons. The molecule has 0 aliphatic heterocycles. The van der Waals surface area contributed by atoms with Crippen LogP contribution in [0.5, 0.6) is 0 Å². The van der Waals surface area contributed by atoms with Gasteiger partial charge >= 0.3 is 5.97 Å². The summed E-state index contributed by atoms with van der Waals surface area (Å²) in [6.45, 7) is 1.51. The Morgan fingerprint density at radius 1 is 1.05 bits per heavy atom. The molecule has 0 saturated carbocycles. The first-order valence-electron chi connectivity index (χ1n) is 6.89. The van der Waals surface area contributed by atoms with Gasteiger partial charge in [-0.1, -0.05) is 48.0 Å². The molecule has 0 spiro atoms. The first-order valence-corrected chi connectivity index (χ1v) is 7.26. The highest BCUT2D eigenvalue weighted by molar-refractivity contribution is 6.30. The monoisotopic (exact) mass is 303 g/mol. The molecule has 0 aliphatic rings. The van der Waals surface area contributed by atoms with Crippen molar-refractivity contribution >= 4 is 17.6 Å². The largest absolute Gasteiger partial charge is 0.481 e. The first-order chi connectivity index (χ1) is 10.1. The maximum atomic E-state index is 10.8. The smallest absolute Gasteiger partial charge is 0.307 e. The van der Waals surface area contributed by atoms with Crippen molar-refractivity contribution in [2.45, 2.75) is 19.4 Å². The van der Waals surface area contributed by atoms with Gasteiger partial charge in [0.2, 0.25) is 0 Å². The molecule has 2 aromatic rings. The molecule has 4 heteroatoms. The van der Waals surface area contributed by atoms with Gasteiger partial charge in [-0.05, 0) is 41.8 Å².